The van der Waals surface area contributed by atoms with Gasteiger partial charge in [0.05, 0.1) is 11.8 Å². The van der Waals surface area contributed by atoms with Gasteiger partial charge in [-0.15, -0.1) is 0 Å². The molecule has 4 nitrogen and oxygen atoms in total. The Morgan fingerprint density at radius 1 is 1.09 bits per heavy atom. The number of oxime groups is 1. The molecule has 0 aromatic rings. The molecule has 4 aliphatic carbocycles. The first-order chi connectivity index (χ1) is 15.4. The number of allylic oxidation sites excluding steroid dienone is 3. The Labute approximate surface area is 194 Å². The van der Waals surface area contributed by atoms with Crippen LogP contribution >= 0.6 is 0 Å². The smallest absolute Gasteiger partial charge is 0.118 e. The van der Waals surface area contributed by atoms with E-state index in [4.69, 9.17) is 4.84 Å². The van der Waals surface area contributed by atoms with Crippen molar-refractivity contribution in [2.24, 2.45) is 33.7 Å². The van der Waals surface area contributed by atoms with Crippen LogP contribution in [0.5, 0.6) is 0 Å². The van der Waals surface area contributed by atoms with E-state index in [2.05, 4.69) is 43.4 Å². The SMILES string of the molecule is CC(=NOCCC1CCCCN1)C1=CC[C@H]2[C@@H]3CC=C4C[C@@H](O)CC[C@]4(C)[C@H]3CC[C@]12C. The van der Waals surface area contributed by atoms with Gasteiger partial charge >= 0.3 is 0 Å². The molecule has 32 heavy (non-hydrogen) atoms. The number of aliphatic hydroxyl groups is 1. The van der Waals surface area contributed by atoms with E-state index in [1.165, 1.54) is 50.5 Å². The van der Waals surface area contributed by atoms with Crippen molar-refractivity contribution in [2.45, 2.75) is 104 Å². The first kappa shape index (κ1) is 22.7. The van der Waals surface area contributed by atoms with Crippen LogP contribution < -0.4 is 5.32 Å². The van der Waals surface area contributed by atoms with Gasteiger partial charge in [-0.3, -0.25) is 0 Å². The minimum Gasteiger partial charge on any atom is -0.396 e. The molecule has 3 fully saturated rings. The van der Waals surface area contributed by atoms with Crippen LogP contribution in [0, 0.1) is 28.6 Å². The Hall–Kier alpha value is -1.13. The molecule has 7 atom stereocenters. The number of piperidine rings is 1. The number of hydrogen-bond donors (Lipinski definition) is 2. The molecule has 2 N–H and O–H groups in total. The summed E-state index contributed by atoms with van der Waals surface area (Å²) in [4.78, 5) is 5.81. The highest BCUT2D eigenvalue weighted by Crippen LogP contribution is 2.65. The maximum Gasteiger partial charge on any atom is 0.118 e. The molecule has 2 saturated carbocycles. The lowest BCUT2D eigenvalue weighted by Crippen LogP contribution is -2.50. The van der Waals surface area contributed by atoms with Gasteiger partial charge in [0.1, 0.15) is 6.61 Å². The molecular weight excluding hydrogens is 396 g/mol. The fourth-order valence-corrected chi connectivity index (χ4v) is 8.33. The van der Waals surface area contributed by atoms with Crippen molar-refractivity contribution >= 4 is 5.71 Å². The molecule has 178 valence electrons. The molecule has 0 aromatic carbocycles. The zero-order valence-electron chi connectivity index (χ0n) is 20.5. The summed E-state index contributed by atoms with van der Waals surface area (Å²) in [5.74, 6) is 2.25. The van der Waals surface area contributed by atoms with Crippen LogP contribution in [0.4, 0.5) is 0 Å². The average molecular weight is 441 g/mol. The van der Waals surface area contributed by atoms with E-state index in [9.17, 15) is 5.11 Å². The van der Waals surface area contributed by atoms with Crippen LogP contribution in [-0.2, 0) is 4.84 Å². The van der Waals surface area contributed by atoms with E-state index in [1.807, 2.05) is 0 Å². The number of nitrogens with zero attached hydrogens (tertiary/aromatic N) is 1. The lowest BCUT2D eigenvalue weighted by atomic mass is 9.47. The molecular formula is C28H44N2O2. The van der Waals surface area contributed by atoms with Crippen molar-refractivity contribution in [1.82, 2.24) is 5.32 Å². The van der Waals surface area contributed by atoms with E-state index in [-0.39, 0.29) is 11.5 Å². The zero-order valence-corrected chi connectivity index (χ0v) is 20.5. The molecule has 1 saturated heterocycles. The number of fused-ring (bicyclic) bond motifs is 5. The Bertz CT molecular complexity index is 795. The standard InChI is InChI=1S/C28H44N2O2/c1-19(30-32-17-13-21-6-4-5-16-29-21)24-9-10-25-23-8-7-20-18-22(31)11-14-27(20,2)26(23)12-15-28(24,25)3/h7,9,21-23,25-26,29,31H,4-6,8,10-18H2,1-3H3/t21?,22-,23-,25-,26-,27-,28+/m0/s1. The van der Waals surface area contributed by atoms with Gasteiger partial charge in [0.25, 0.3) is 0 Å². The number of hydrogen-bond acceptors (Lipinski definition) is 4. The van der Waals surface area contributed by atoms with Gasteiger partial charge in [0, 0.05) is 6.04 Å². The molecule has 0 radical (unpaired) electrons. The quantitative estimate of drug-likeness (QED) is 0.247. The van der Waals surface area contributed by atoms with E-state index in [0.717, 1.165) is 49.8 Å². The summed E-state index contributed by atoms with van der Waals surface area (Å²) in [5, 5.41) is 18.4. The van der Waals surface area contributed by atoms with Gasteiger partial charge in [-0.05, 0) is 112 Å². The molecule has 0 aromatic heterocycles. The van der Waals surface area contributed by atoms with Crippen molar-refractivity contribution in [3.8, 4) is 0 Å². The Balaban J connectivity index is 1.24. The summed E-state index contributed by atoms with van der Waals surface area (Å²) in [6, 6.07) is 0.605. The molecule has 5 rings (SSSR count). The topological polar surface area (TPSA) is 53.8 Å². The Morgan fingerprint density at radius 2 is 1.94 bits per heavy atom. The van der Waals surface area contributed by atoms with Gasteiger partial charge in [-0.2, -0.15) is 0 Å². The van der Waals surface area contributed by atoms with Gasteiger partial charge in [-0.25, -0.2) is 0 Å². The highest BCUT2D eigenvalue weighted by atomic mass is 16.6. The van der Waals surface area contributed by atoms with Crippen molar-refractivity contribution in [3.05, 3.63) is 23.3 Å². The molecule has 1 unspecified atom stereocenters. The lowest BCUT2D eigenvalue weighted by molar-refractivity contribution is -0.0280. The van der Waals surface area contributed by atoms with Crippen molar-refractivity contribution in [2.75, 3.05) is 13.2 Å². The Kier molecular flexibility index (Phi) is 6.30. The van der Waals surface area contributed by atoms with Crippen LogP contribution in [0.3, 0.4) is 0 Å². The van der Waals surface area contributed by atoms with E-state index in [0.29, 0.717) is 24.0 Å². The second-order valence-electron chi connectivity index (χ2n) is 11.9. The minimum absolute atomic E-state index is 0.118. The second-order valence-corrected chi connectivity index (χ2v) is 11.9. The molecule has 1 aliphatic heterocycles. The summed E-state index contributed by atoms with van der Waals surface area (Å²) < 4.78 is 0. The molecule has 4 heteroatoms. The van der Waals surface area contributed by atoms with Gasteiger partial charge in [-0.1, -0.05) is 43.1 Å². The third-order valence-corrected chi connectivity index (χ3v) is 10.2. The number of nitrogens with one attached hydrogen (secondary N) is 1. The Morgan fingerprint density at radius 3 is 2.75 bits per heavy atom. The van der Waals surface area contributed by atoms with Gasteiger partial charge in [0.2, 0.25) is 0 Å². The fraction of sp³-hybridized carbons (Fsp3) is 0.821. The summed E-state index contributed by atoms with van der Waals surface area (Å²) in [6.45, 7) is 9.04. The number of aliphatic hydroxyl groups excluding tert-OH is 1. The predicted molar refractivity (Wildman–Crippen MR) is 130 cm³/mol. The first-order valence-electron chi connectivity index (χ1n) is 13.4. The van der Waals surface area contributed by atoms with E-state index < -0.39 is 0 Å². The minimum atomic E-state index is -0.118. The molecule has 0 amide bonds. The third-order valence-electron chi connectivity index (χ3n) is 10.2. The second kappa shape index (κ2) is 8.91. The summed E-state index contributed by atoms with van der Waals surface area (Å²) >= 11 is 0. The highest BCUT2D eigenvalue weighted by molar-refractivity contribution is 5.99. The van der Waals surface area contributed by atoms with Crippen LogP contribution in [-0.4, -0.2) is 36.1 Å². The number of rotatable bonds is 5. The third kappa shape index (κ3) is 3.90. The molecule has 0 spiro atoms. The maximum atomic E-state index is 10.2. The normalized spacial score (nSPS) is 44.1. The molecule has 1 heterocycles. The molecule has 5 aliphatic rings. The lowest BCUT2D eigenvalue weighted by Gasteiger charge is -2.57. The van der Waals surface area contributed by atoms with Crippen molar-refractivity contribution < 1.29 is 9.94 Å². The van der Waals surface area contributed by atoms with E-state index in [1.54, 1.807) is 5.57 Å². The fourth-order valence-electron chi connectivity index (χ4n) is 8.33. The average Bonchev–Trinajstić information content (AvgIpc) is 3.15. The zero-order chi connectivity index (χ0) is 22.3. The van der Waals surface area contributed by atoms with Gasteiger partial charge < -0.3 is 15.3 Å². The van der Waals surface area contributed by atoms with Crippen LogP contribution in [0.1, 0.15) is 91.4 Å². The van der Waals surface area contributed by atoms with Crippen LogP contribution in [0.15, 0.2) is 28.5 Å². The van der Waals surface area contributed by atoms with Crippen LogP contribution in [0.2, 0.25) is 0 Å². The van der Waals surface area contributed by atoms with Gasteiger partial charge in [0.15, 0.2) is 0 Å². The summed E-state index contributed by atoms with van der Waals surface area (Å²) in [5.41, 5.74) is 4.66. The first-order valence-corrected chi connectivity index (χ1v) is 13.4. The molecule has 0 bridgehead atoms. The predicted octanol–water partition coefficient (Wildman–Crippen LogP) is 5.77. The largest absolute Gasteiger partial charge is 0.396 e. The van der Waals surface area contributed by atoms with E-state index >= 15 is 0 Å². The van der Waals surface area contributed by atoms with Crippen molar-refractivity contribution in [3.63, 3.8) is 0 Å². The monoisotopic (exact) mass is 440 g/mol. The highest BCUT2D eigenvalue weighted by Gasteiger charge is 2.56. The summed E-state index contributed by atoms with van der Waals surface area (Å²) in [7, 11) is 0. The van der Waals surface area contributed by atoms with Crippen molar-refractivity contribution in [1.29, 1.82) is 0 Å². The maximum absolute atomic E-state index is 10.2. The van der Waals surface area contributed by atoms with Crippen LogP contribution in [0.25, 0.3) is 0 Å². The summed E-state index contributed by atoms with van der Waals surface area (Å²) in [6.07, 6.45) is 17.9.